The Morgan fingerprint density at radius 2 is 2.10 bits per heavy atom. The number of hydrogen-bond donors (Lipinski definition) is 0. The van der Waals surface area contributed by atoms with Gasteiger partial charge in [-0.3, -0.25) is 4.68 Å². The molecule has 0 aromatic carbocycles. The Morgan fingerprint density at radius 3 is 2.70 bits per heavy atom. The van der Waals surface area contributed by atoms with E-state index in [0.717, 1.165) is 5.69 Å². The molecule has 7 nitrogen and oxygen atoms in total. The maximum absolute atomic E-state index is 12.3. The van der Waals surface area contributed by atoms with E-state index in [2.05, 4.69) is 15.1 Å². The highest BCUT2D eigenvalue weighted by Gasteiger charge is 2.38. The lowest BCUT2D eigenvalue weighted by Crippen LogP contribution is -2.48. The van der Waals surface area contributed by atoms with Crippen LogP contribution in [0.25, 0.3) is 0 Å². The third kappa shape index (κ3) is 2.20. The number of nitrogens with zero attached hydrogens (tertiary/aromatic N) is 5. The van der Waals surface area contributed by atoms with E-state index in [0.29, 0.717) is 18.9 Å². The predicted molar refractivity (Wildman–Crippen MR) is 71.5 cm³/mol. The lowest BCUT2D eigenvalue weighted by molar-refractivity contribution is 0.260. The third-order valence-electron chi connectivity index (χ3n) is 3.38. The van der Waals surface area contributed by atoms with Crippen molar-refractivity contribution in [2.45, 2.75) is 17.7 Å². The first-order valence-electron chi connectivity index (χ1n) is 6.25. The van der Waals surface area contributed by atoms with Gasteiger partial charge in [0.15, 0.2) is 0 Å². The van der Waals surface area contributed by atoms with Crippen molar-refractivity contribution in [3.05, 3.63) is 36.2 Å². The summed E-state index contributed by atoms with van der Waals surface area (Å²) in [5.41, 5.74) is 0.898. The first-order chi connectivity index (χ1) is 9.46. The van der Waals surface area contributed by atoms with Gasteiger partial charge in [0, 0.05) is 44.1 Å². The molecule has 0 unspecified atom stereocenters. The maximum Gasteiger partial charge on any atom is 0.246 e. The van der Waals surface area contributed by atoms with Crippen molar-refractivity contribution in [2.75, 3.05) is 13.1 Å². The van der Waals surface area contributed by atoms with Crippen molar-refractivity contribution >= 4 is 10.0 Å². The van der Waals surface area contributed by atoms with Crippen LogP contribution < -0.4 is 0 Å². The van der Waals surface area contributed by atoms with E-state index >= 15 is 0 Å². The van der Waals surface area contributed by atoms with Crippen LogP contribution in [-0.2, 0) is 17.1 Å². The summed E-state index contributed by atoms with van der Waals surface area (Å²) in [6.07, 6.45) is 4.59. The molecule has 3 heterocycles. The van der Waals surface area contributed by atoms with Crippen LogP contribution in [0.1, 0.15) is 17.4 Å². The SMILES string of the molecule is Cc1nccc(C2CN(S(=O)(=O)c3cnn(C)c3)C2)n1. The summed E-state index contributed by atoms with van der Waals surface area (Å²) in [6, 6.07) is 1.84. The number of rotatable bonds is 3. The molecule has 8 heteroatoms. The largest absolute Gasteiger partial charge is 0.274 e. The van der Waals surface area contributed by atoms with Crippen LogP contribution in [0.5, 0.6) is 0 Å². The van der Waals surface area contributed by atoms with Crippen molar-refractivity contribution in [2.24, 2.45) is 7.05 Å². The summed E-state index contributed by atoms with van der Waals surface area (Å²) in [5, 5.41) is 3.90. The molecule has 0 radical (unpaired) electrons. The van der Waals surface area contributed by atoms with Gasteiger partial charge in [-0.1, -0.05) is 0 Å². The second-order valence-corrected chi connectivity index (χ2v) is 6.84. The molecule has 0 amide bonds. The van der Waals surface area contributed by atoms with E-state index in [1.807, 2.05) is 13.0 Å². The predicted octanol–water partition coefficient (Wildman–Crippen LogP) is 0.307. The molecule has 0 spiro atoms. The van der Waals surface area contributed by atoms with Crippen LogP contribution in [0, 0.1) is 6.92 Å². The quantitative estimate of drug-likeness (QED) is 0.813. The van der Waals surface area contributed by atoms with Gasteiger partial charge in [-0.05, 0) is 13.0 Å². The Balaban J connectivity index is 1.74. The molecule has 20 heavy (non-hydrogen) atoms. The highest BCUT2D eigenvalue weighted by atomic mass is 32.2. The fourth-order valence-corrected chi connectivity index (χ4v) is 3.72. The summed E-state index contributed by atoms with van der Waals surface area (Å²) in [4.78, 5) is 8.62. The van der Waals surface area contributed by atoms with Gasteiger partial charge in [-0.25, -0.2) is 18.4 Å². The molecular weight excluding hydrogens is 278 g/mol. The van der Waals surface area contributed by atoms with E-state index < -0.39 is 10.0 Å². The van der Waals surface area contributed by atoms with E-state index in [-0.39, 0.29) is 10.8 Å². The van der Waals surface area contributed by atoms with E-state index in [1.165, 1.54) is 21.4 Å². The summed E-state index contributed by atoms with van der Waals surface area (Å²) in [5.74, 6) is 0.846. The Hall–Kier alpha value is -1.80. The van der Waals surface area contributed by atoms with Crippen LogP contribution in [0.2, 0.25) is 0 Å². The number of sulfonamides is 1. The van der Waals surface area contributed by atoms with Crippen molar-refractivity contribution < 1.29 is 8.42 Å². The van der Waals surface area contributed by atoms with Gasteiger partial charge in [0.2, 0.25) is 10.0 Å². The van der Waals surface area contributed by atoms with Crippen LogP contribution in [0.15, 0.2) is 29.6 Å². The average Bonchev–Trinajstić information content (AvgIpc) is 2.74. The summed E-state index contributed by atoms with van der Waals surface area (Å²) in [6.45, 7) is 2.73. The standard InChI is InChI=1S/C12H15N5O2S/c1-9-13-4-3-12(15-9)10-6-17(7-10)20(18,19)11-5-14-16(2)8-11/h3-5,8,10H,6-7H2,1-2H3. The minimum Gasteiger partial charge on any atom is -0.274 e. The van der Waals surface area contributed by atoms with Gasteiger partial charge >= 0.3 is 0 Å². The second-order valence-electron chi connectivity index (χ2n) is 4.90. The van der Waals surface area contributed by atoms with E-state index in [1.54, 1.807) is 13.2 Å². The van der Waals surface area contributed by atoms with Crippen molar-refractivity contribution in [1.82, 2.24) is 24.1 Å². The van der Waals surface area contributed by atoms with E-state index in [4.69, 9.17) is 0 Å². The zero-order valence-corrected chi connectivity index (χ0v) is 12.1. The topological polar surface area (TPSA) is 81.0 Å². The third-order valence-corrected chi connectivity index (χ3v) is 5.17. The van der Waals surface area contributed by atoms with Gasteiger partial charge in [0.05, 0.1) is 6.20 Å². The minimum absolute atomic E-state index is 0.142. The molecule has 0 aliphatic carbocycles. The van der Waals surface area contributed by atoms with Gasteiger partial charge in [-0.15, -0.1) is 0 Å². The lowest BCUT2D eigenvalue weighted by Gasteiger charge is -2.37. The van der Waals surface area contributed by atoms with E-state index in [9.17, 15) is 8.42 Å². The van der Waals surface area contributed by atoms with Gasteiger partial charge in [0.1, 0.15) is 10.7 Å². The molecule has 1 saturated heterocycles. The molecule has 2 aromatic heterocycles. The lowest BCUT2D eigenvalue weighted by atomic mass is 9.99. The zero-order valence-electron chi connectivity index (χ0n) is 11.3. The fraction of sp³-hybridized carbons (Fsp3) is 0.417. The Labute approximate surface area is 117 Å². The smallest absolute Gasteiger partial charge is 0.246 e. The minimum atomic E-state index is -3.43. The first kappa shape index (κ1) is 13.2. The molecule has 0 atom stereocenters. The van der Waals surface area contributed by atoms with Crippen LogP contribution in [0.3, 0.4) is 0 Å². The Morgan fingerprint density at radius 1 is 1.35 bits per heavy atom. The average molecular weight is 293 g/mol. The molecule has 1 aliphatic heterocycles. The molecular formula is C12H15N5O2S. The Bertz CT molecular complexity index is 734. The highest BCUT2D eigenvalue weighted by molar-refractivity contribution is 7.89. The van der Waals surface area contributed by atoms with Gasteiger partial charge in [-0.2, -0.15) is 9.40 Å². The molecule has 1 fully saturated rings. The van der Waals surface area contributed by atoms with Crippen molar-refractivity contribution in [3.63, 3.8) is 0 Å². The zero-order chi connectivity index (χ0) is 14.3. The molecule has 2 aromatic rings. The van der Waals surface area contributed by atoms with Crippen LogP contribution >= 0.6 is 0 Å². The van der Waals surface area contributed by atoms with Crippen molar-refractivity contribution in [1.29, 1.82) is 0 Å². The molecule has 0 N–H and O–H groups in total. The molecule has 0 bridgehead atoms. The fourth-order valence-electron chi connectivity index (χ4n) is 2.20. The number of hydrogen-bond acceptors (Lipinski definition) is 5. The van der Waals surface area contributed by atoms with Gasteiger partial charge < -0.3 is 0 Å². The molecule has 0 saturated carbocycles. The Kier molecular flexibility index (Phi) is 3.06. The summed E-state index contributed by atoms with van der Waals surface area (Å²) < 4.78 is 27.6. The molecule has 1 aliphatic rings. The first-order valence-corrected chi connectivity index (χ1v) is 7.69. The maximum atomic E-state index is 12.3. The second kappa shape index (κ2) is 4.64. The summed E-state index contributed by atoms with van der Waals surface area (Å²) in [7, 11) is -1.73. The number of aryl methyl sites for hydroxylation is 2. The monoisotopic (exact) mass is 293 g/mol. The van der Waals surface area contributed by atoms with Crippen LogP contribution in [-0.4, -0.2) is 45.6 Å². The van der Waals surface area contributed by atoms with Crippen molar-refractivity contribution in [3.8, 4) is 0 Å². The normalized spacial score (nSPS) is 17.1. The summed E-state index contributed by atoms with van der Waals surface area (Å²) >= 11 is 0. The molecule has 106 valence electrons. The molecule has 3 rings (SSSR count). The highest BCUT2D eigenvalue weighted by Crippen LogP contribution is 2.30. The number of aromatic nitrogens is 4. The van der Waals surface area contributed by atoms with Crippen LogP contribution in [0.4, 0.5) is 0 Å². The van der Waals surface area contributed by atoms with Gasteiger partial charge in [0.25, 0.3) is 0 Å².